The second-order valence-corrected chi connectivity index (χ2v) is 3.92. The van der Waals surface area contributed by atoms with Crippen molar-refractivity contribution in [3.63, 3.8) is 0 Å². The van der Waals surface area contributed by atoms with Gasteiger partial charge in [0.25, 0.3) is 0 Å². The van der Waals surface area contributed by atoms with Gasteiger partial charge in [-0.2, -0.15) is 0 Å². The molecule has 6 nitrogen and oxygen atoms in total. The fourth-order valence-electron chi connectivity index (χ4n) is 1.44. The summed E-state index contributed by atoms with van der Waals surface area (Å²) in [6.45, 7) is 4.83. The van der Waals surface area contributed by atoms with Crippen molar-refractivity contribution in [1.29, 1.82) is 0 Å². The van der Waals surface area contributed by atoms with Gasteiger partial charge in [0.15, 0.2) is 5.82 Å². The van der Waals surface area contributed by atoms with E-state index >= 15 is 0 Å². The predicted octanol–water partition coefficient (Wildman–Crippen LogP) is 1.43. The Bertz CT molecular complexity index is 347. The molecule has 0 atom stereocenters. The maximum Gasteiger partial charge on any atom is 0.158 e. The van der Waals surface area contributed by atoms with Crippen molar-refractivity contribution in [2.75, 3.05) is 37.9 Å². The lowest BCUT2D eigenvalue weighted by atomic mass is 10.4. The second kappa shape index (κ2) is 8.66. The largest absolute Gasteiger partial charge is 0.384 e. The van der Waals surface area contributed by atoms with Crippen LogP contribution in [0.15, 0.2) is 6.07 Å². The SMILES string of the molecule is CCCOCCCNc1cc(N)nc(COC)n1. The average molecular weight is 254 g/mol. The van der Waals surface area contributed by atoms with E-state index in [1.807, 2.05) is 0 Å². The van der Waals surface area contributed by atoms with Crippen LogP contribution in [-0.2, 0) is 16.1 Å². The fraction of sp³-hybridized carbons (Fsp3) is 0.667. The number of nitrogens with zero attached hydrogens (tertiary/aromatic N) is 2. The zero-order chi connectivity index (χ0) is 13.2. The molecule has 6 heteroatoms. The number of hydrogen-bond donors (Lipinski definition) is 2. The molecule has 0 bridgehead atoms. The summed E-state index contributed by atoms with van der Waals surface area (Å²) in [5, 5.41) is 3.19. The molecule has 1 rings (SSSR count). The van der Waals surface area contributed by atoms with Crippen molar-refractivity contribution in [3.8, 4) is 0 Å². The lowest BCUT2D eigenvalue weighted by Gasteiger charge is -2.08. The van der Waals surface area contributed by atoms with E-state index < -0.39 is 0 Å². The molecule has 0 aliphatic heterocycles. The Balaban J connectivity index is 2.32. The molecule has 0 radical (unpaired) electrons. The van der Waals surface area contributed by atoms with Gasteiger partial charge in [0, 0.05) is 32.9 Å². The number of nitrogen functional groups attached to an aromatic ring is 1. The molecule has 1 aromatic heterocycles. The molecule has 3 N–H and O–H groups in total. The van der Waals surface area contributed by atoms with Crippen molar-refractivity contribution in [2.24, 2.45) is 0 Å². The Labute approximate surface area is 108 Å². The van der Waals surface area contributed by atoms with E-state index in [-0.39, 0.29) is 0 Å². The maximum absolute atomic E-state index is 5.69. The van der Waals surface area contributed by atoms with E-state index in [0.29, 0.717) is 18.2 Å². The van der Waals surface area contributed by atoms with Gasteiger partial charge < -0.3 is 20.5 Å². The molecule has 0 spiro atoms. The first-order valence-corrected chi connectivity index (χ1v) is 6.20. The number of nitrogens with one attached hydrogen (secondary N) is 1. The minimum atomic E-state index is 0.360. The topological polar surface area (TPSA) is 82.3 Å². The van der Waals surface area contributed by atoms with Crippen molar-refractivity contribution in [3.05, 3.63) is 11.9 Å². The third-order valence-electron chi connectivity index (χ3n) is 2.19. The van der Waals surface area contributed by atoms with Crippen molar-refractivity contribution in [2.45, 2.75) is 26.4 Å². The highest BCUT2D eigenvalue weighted by Gasteiger charge is 2.01. The molecule has 0 aliphatic carbocycles. The van der Waals surface area contributed by atoms with Gasteiger partial charge >= 0.3 is 0 Å². The molecule has 0 saturated heterocycles. The standard InChI is InChI=1S/C12H22N4O2/c1-3-6-18-7-4-5-14-11-8-10(13)15-12(16-11)9-17-2/h8H,3-7,9H2,1-2H3,(H3,13,14,15,16). The van der Waals surface area contributed by atoms with Crippen LogP contribution in [0.4, 0.5) is 11.6 Å². The molecule has 0 saturated carbocycles. The predicted molar refractivity (Wildman–Crippen MR) is 71.4 cm³/mol. The Morgan fingerprint density at radius 1 is 1.33 bits per heavy atom. The summed E-state index contributed by atoms with van der Waals surface area (Å²) in [7, 11) is 1.60. The molecule has 0 fully saturated rings. The summed E-state index contributed by atoms with van der Waals surface area (Å²) in [6.07, 6.45) is 1.99. The monoisotopic (exact) mass is 254 g/mol. The number of rotatable bonds is 9. The van der Waals surface area contributed by atoms with Gasteiger partial charge in [-0.3, -0.25) is 0 Å². The lowest BCUT2D eigenvalue weighted by Crippen LogP contribution is -2.10. The molecule has 0 unspecified atom stereocenters. The molecule has 1 heterocycles. The normalized spacial score (nSPS) is 10.6. The van der Waals surface area contributed by atoms with Gasteiger partial charge in [-0.05, 0) is 12.8 Å². The van der Waals surface area contributed by atoms with Gasteiger partial charge in [0.1, 0.15) is 18.2 Å². The van der Waals surface area contributed by atoms with Gasteiger partial charge in [0.05, 0.1) is 0 Å². The second-order valence-electron chi connectivity index (χ2n) is 3.92. The average Bonchev–Trinajstić information content (AvgIpc) is 2.33. The van der Waals surface area contributed by atoms with E-state index in [0.717, 1.165) is 38.4 Å². The minimum Gasteiger partial charge on any atom is -0.384 e. The summed E-state index contributed by atoms with van der Waals surface area (Å²) in [4.78, 5) is 8.36. The maximum atomic E-state index is 5.69. The van der Waals surface area contributed by atoms with E-state index in [1.54, 1.807) is 13.2 Å². The summed E-state index contributed by atoms with van der Waals surface area (Å²) in [6, 6.07) is 1.71. The van der Waals surface area contributed by atoms with Gasteiger partial charge in [-0.15, -0.1) is 0 Å². The first kappa shape index (κ1) is 14.7. The lowest BCUT2D eigenvalue weighted by molar-refractivity contribution is 0.134. The van der Waals surface area contributed by atoms with Crippen molar-refractivity contribution >= 4 is 11.6 Å². The first-order chi connectivity index (χ1) is 8.76. The van der Waals surface area contributed by atoms with Gasteiger partial charge in [-0.1, -0.05) is 6.92 Å². The Hall–Kier alpha value is -1.40. The van der Waals surface area contributed by atoms with Gasteiger partial charge in [0.2, 0.25) is 0 Å². The number of nitrogens with two attached hydrogens (primary N) is 1. The molecule has 0 aromatic carbocycles. The van der Waals surface area contributed by atoms with E-state index in [2.05, 4.69) is 22.2 Å². The highest BCUT2D eigenvalue weighted by molar-refractivity contribution is 5.44. The van der Waals surface area contributed by atoms with Crippen LogP contribution in [-0.4, -0.2) is 36.8 Å². The third-order valence-corrected chi connectivity index (χ3v) is 2.19. The van der Waals surface area contributed by atoms with Crippen LogP contribution in [0.2, 0.25) is 0 Å². The third kappa shape index (κ3) is 5.79. The minimum absolute atomic E-state index is 0.360. The number of aromatic nitrogens is 2. The highest BCUT2D eigenvalue weighted by Crippen LogP contribution is 2.08. The highest BCUT2D eigenvalue weighted by atomic mass is 16.5. The summed E-state index contributed by atoms with van der Waals surface area (Å²) in [5.74, 6) is 1.76. The van der Waals surface area contributed by atoms with Crippen molar-refractivity contribution in [1.82, 2.24) is 9.97 Å². The summed E-state index contributed by atoms with van der Waals surface area (Å²) >= 11 is 0. The van der Waals surface area contributed by atoms with Crippen LogP contribution in [0.5, 0.6) is 0 Å². The number of methoxy groups -OCH3 is 1. The van der Waals surface area contributed by atoms with Crippen molar-refractivity contribution < 1.29 is 9.47 Å². The van der Waals surface area contributed by atoms with E-state index in [4.69, 9.17) is 15.2 Å². The molecule has 0 aliphatic rings. The van der Waals surface area contributed by atoms with Crippen LogP contribution in [0, 0.1) is 0 Å². The Morgan fingerprint density at radius 3 is 2.89 bits per heavy atom. The summed E-state index contributed by atoms with van der Waals surface area (Å²) < 4.78 is 10.4. The molecular weight excluding hydrogens is 232 g/mol. The fourth-order valence-corrected chi connectivity index (χ4v) is 1.44. The molecule has 102 valence electrons. The van der Waals surface area contributed by atoms with E-state index in [1.165, 1.54) is 0 Å². The zero-order valence-corrected chi connectivity index (χ0v) is 11.1. The van der Waals surface area contributed by atoms with Crippen LogP contribution in [0.1, 0.15) is 25.6 Å². The van der Waals surface area contributed by atoms with E-state index in [9.17, 15) is 0 Å². The Kier molecular flexibility index (Phi) is 7.05. The Morgan fingerprint density at radius 2 is 2.17 bits per heavy atom. The zero-order valence-electron chi connectivity index (χ0n) is 11.1. The van der Waals surface area contributed by atoms with Crippen LogP contribution < -0.4 is 11.1 Å². The first-order valence-electron chi connectivity index (χ1n) is 6.20. The molecular formula is C12H22N4O2. The van der Waals surface area contributed by atoms with Crippen LogP contribution in [0.3, 0.4) is 0 Å². The quantitative estimate of drug-likeness (QED) is 0.649. The smallest absolute Gasteiger partial charge is 0.158 e. The number of anilines is 2. The van der Waals surface area contributed by atoms with Gasteiger partial charge in [-0.25, -0.2) is 9.97 Å². The molecule has 0 amide bonds. The number of hydrogen-bond acceptors (Lipinski definition) is 6. The number of ether oxygens (including phenoxy) is 2. The summed E-state index contributed by atoms with van der Waals surface area (Å²) in [5.41, 5.74) is 5.69. The van der Waals surface area contributed by atoms with Crippen LogP contribution in [0.25, 0.3) is 0 Å². The molecule has 18 heavy (non-hydrogen) atoms. The molecule has 1 aromatic rings. The van der Waals surface area contributed by atoms with Crippen LogP contribution >= 0.6 is 0 Å².